The molecule has 1 saturated heterocycles. The first-order valence-corrected chi connectivity index (χ1v) is 8.63. The molecule has 124 valence electrons. The molecule has 0 bridgehead atoms. The van der Waals surface area contributed by atoms with Gasteiger partial charge in [-0.05, 0) is 57.4 Å². The predicted octanol–water partition coefficient (Wildman–Crippen LogP) is 3.91. The Kier molecular flexibility index (Phi) is 5.30. The summed E-state index contributed by atoms with van der Waals surface area (Å²) in [5.41, 5.74) is -0.103. The number of rotatable bonds is 4. The third-order valence-electron chi connectivity index (χ3n) is 5.72. The monoisotopic (exact) mass is 302 g/mol. The molecule has 2 fully saturated rings. The number of nitrogens with zero attached hydrogens (tertiary/aromatic N) is 1. The molecule has 0 aromatic carbocycles. The van der Waals surface area contributed by atoms with Crippen molar-refractivity contribution in [2.45, 2.75) is 77.3 Å². The molecule has 0 aromatic rings. The largest absolute Gasteiger partial charge is 0.303 e. The van der Waals surface area contributed by atoms with Gasteiger partial charge in [0.1, 0.15) is 0 Å². The molecule has 0 aromatic heterocycles. The Hall–Kier alpha value is -0.220. The van der Waals surface area contributed by atoms with E-state index in [2.05, 4.69) is 26.1 Å². The Balaban J connectivity index is 1.92. The van der Waals surface area contributed by atoms with Crippen LogP contribution in [0.2, 0.25) is 0 Å². The van der Waals surface area contributed by atoms with Crippen LogP contribution in [0.25, 0.3) is 0 Å². The highest BCUT2D eigenvalue weighted by molar-refractivity contribution is 4.98. The van der Waals surface area contributed by atoms with E-state index in [1.165, 1.54) is 12.8 Å². The average Bonchev–Trinajstić information content (AvgIpc) is 2.41. The van der Waals surface area contributed by atoms with E-state index in [1.807, 2.05) is 11.8 Å². The number of halogens is 2. The van der Waals surface area contributed by atoms with Crippen molar-refractivity contribution in [3.8, 4) is 0 Å². The van der Waals surface area contributed by atoms with Gasteiger partial charge in [-0.2, -0.15) is 0 Å². The first kappa shape index (κ1) is 17.1. The first-order valence-electron chi connectivity index (χ1n) is 8.63. The van der Waals surface area contributed by atoms with Crippen LogP contribution in [0.4, 0.5) is 8.78 Å². The summed E-state index contributed by atoms with van der Waals surface area (Å²) in [7, 11) is 0. The summed E-state index contributed by atoms with van der Waals surface area (Å²) in [6, 6.07) is -0.652. The maximum atomic E-state index is 14.3. The molecule has 0 amide bonds. The Morgan fingerprint density at radius 3 is 2.29 bits per heavy atom. The topological polar surface area (TPSA) is 15.3 Å². The van der Waals surface area contributed by atoms with Crippen LogP contribution in [-0.2, 0) is 0 Å². The molecule has 1 atom stereocenters. The van der Waals surface area contributed by atoms with Crippen LogP contribution in [0.3, 0.4) is 0 Å². The lowest BCUT2D eigenvalue weighted by Gasteiger charge is -2.46. The quantitative estimate of drug-likeness (QED) is 0.847. The van der Waals surface area contributed by atoms with Crippen LogP contribution in [0, 0.1) is 11.8 Å². The minimum atomic E-state index is -2.60. The smallest absolute Gasteiger partial charge is 0.275 e. The molecule has 0 spiro atoms. The maximum Gasteiger partial charge on any atom is 0.275 e. The van der Waals surface area contributed by atoms with Crippen molar-refractivity contribution < 1.29 is 8.78 Å². The Morgan fingerprint density at radius 1 is 1.19 bits per heavy atom. The number of likely N-dealkylation sites (tertiary alicyclic amines) is 1. The normalized spacial score (nSPS) is 37.9. The van der Waals surface area contributed by atoms with Crippen molar-refractivity contribution in [3.63, 3.8) is 0 Å². The molecule has 2 aliphatic rings. The fourth-order valence-corrected chi connectivity index (χ4v) is 3.97. The molecule has 1 aliphatic carbocycles. The minimum absolute atomic E-state index is 0.0914. The van der Waals surface area contributed by atoms with Gasteiger partial charge in [-0.25, -0.2) is 8.78 Å². The minimum Gasteiger partial charge on any atom is -0.303 e. The maximum absolute atomic E-state index is 14.3. The number of hydrogen-bond donors (Lipinski definition) is 1. The van der Waals surface area contributed by atoms with E-state index in [9.17, 15) is 8.78 Å². The van der Waals surface area contributed by atoms with Gasteiger partial charge in [-0.1, -0.05) is 20.8 Å². The highest BCUT2D eigenvalue weighted by Gasteiger charge is 2.47. The van der Waals surface area contributed by atoms with E-state index in [4.69, 9.17) is 0 Å². The van der Waals surface area contributed by atoms with Gasteiger partial charge in [0, 0.05) is 12.1 Å². The molecule has 1 unspecified atom stereocenters. The van der Waals surface area contributed by atoms with E-state index in [0.29, 0.717) is 12.3 Å². The lowest BCUT2D eigenvalue weighted by atomic mass is 9.73. The van der Waals surface area contributed by atoms with Crippen LogP contribution < -0.4 is 5.32 Å². The second-order valence-corrected chi connectivity index (χ2v) is 7.76. The second kappa shape index (κ2) is 6.49. The molecule has 1 N–H and O–H groups in total. The summed E-state index contributed by atoms with van der Waals surface area (Å²) in [5, 5.41) is 3.35. The van der Waals surface area contributed by atoms with Gasteiger partial charge in [0.15, 0.2) is 0 Å². The fraction of sp³-hybridized carbons (Fsp3) is 1.00. The molecular weight excluding hydrogens is 270 g/mol. The molecule has 1 aliphatic heterocycles. The van der Waals surface area contributed by atoms with Gasteiger partial charge in [0.2, 0.25) is 0 Å². The summed E-state index contributed by atoms with van der Waals surface area (Å²) in [6.45, 7) is 10.1. The van der Waals surface area contributed by atoms with Crippen LogP contribution in [0.1, 0.15) is 59.8 Å². The molecule has 21 heavy (non-hydrogen) atoms. The number of nitrogens with one attached hydrogen (secondary N) is 1. The van der Waals surface area contributed by atoms with Crippen molar-refractivity contribution in [1.29, 1.82) is 0 Å². The molecule has 2 rings (SSSR count). The average molecular weight is 302 g/mol. The first-order chi connectivity index (χ1) is 9.76. The zero-order valence-corrected chi connectivity index (χ0v) is 14.1. The predicted molar refractivity (Wildman–Crippen MR) is 83.8 cm³/mol. The SMILES string of the molecule is CCN1CCC(NC2(C)CCC(C(C)C)CC2)C(F)(F)C1. The fourth-order valence-electron chi connectivity index (χ4n) is 3.97. The molecule has 1 heterocycles. The van der Waals surface area contributed by atoms with Crippen molar-refractivity contribution in [2.24, 2.45) is 11.8 Å². The molecule has 1 saturated carbocycles. The van der Waals surface area contributed by atoms with Gasteiger partial charge in [0.05, 0.1) is 12.6 Å². The molecule has 2 nitrogen and oxygen atoms in total. The van der Waals surface area contributed by atoms with Crippen LogP contribution in [0.15, 0.2) is 0 Å². The molecule has 4 heteroatoms. The van der Waals surface area contributed by atoms with E-state index >= 15 is 0 Å². The Labute approximate surface area is 128 Å². The van der Waals surface area contributed by atoms with Gasteiger partial charge in [0.25, 0.3) is 5.92 Å². The number of hydrogen-bond acceptors (Lipinski definition) is 2. The summed E-state index contributed by atoms with van der Waals surface area (Å²) in [6.07, 6.45) is 4.95. The molecule has 0 radical (unpaired) electrons. The molecular formula is C17H32F2N2. The second-order valence-electron chi connectivity index (χ2n) is 7.76. The standard InChI is InChI=1S/C17H32F2N2/c1-5-21-11-8-15(17(18,19)12-21)20-16(4)9-6-14(7-10-16)13(2)3/h13-15,20H,5-12H2,1-4H3. The van der Waals surface area contributed by atoms with E-state index in [0.717, 1.165) is 31.8 Å². The summed E-state index contributed by atoms with van der Waals surface area (Å²) < 4.78 is 28.7. The third-order valence-corrected chi connectivity index (χ3v) is 5.72. The van der Waals surface area contributed by atoms with Crippen LogP contribution in [-0.4, -0.2) is 42.0 Å². The van der Waals surface area contributed by atoms with Crippen LogP contribution in [0.5, 0.6) is 0 Å². The third kappa shape index (κ3) is 4.16. The lowest BCUT2D eigenvalue weighted by Crippen LogP contribution is -2.62. The van der Waals surface area contributed by atoms with Crippen molar-refractivity contribution >= 4 is 0 Å². The summed E-state index contributed by atoms with van der Waals surface area (Å²) in [5.74, 6) is -1.13. The van der Waals surface area contributed by atoms with Gasteiger partial charge in [-0.3, -0.25) is 4.90 Å². The van der Waals surface area contributed by atoms with Crippen molar-refractivity contribution in [1.82, 2.24) is 10.2 Å². The lowest BCUT2D eigenvalue weighted by molar-refractivity contribution is -0.0982. The summed E-state index contributed by atoms with van der Waals surface area (Å²) in [4.78, 5) is 1.86. The number of alkyl halides is 2. The number of piperidine rings is 1. The van der Waals surface area contributed by atoms with Gasteiger partial charge in [-0.15, -0.1) is 0 Å². The highest BCUT2D eigenvalue weighted by Crippen LogP contribution is 2.38. The Bertz CT molecular complexity index is 336. The van der Waals surface area contributed by atoms with E-state index < -0.39 is 12.0 Å². The zero-order valence-electron chi connectivity index (χ0n) is 14.1. The van der Waals surface area contributed by atoms with Crippen molar-refractivity contribution in [3.05, 3.63) is 0 Å². The highest BCUT2D eigenvalue weighted by atomic mass is 19.3. The van der Waals surface area contributed by atoms with Crippen LogP contribution >= 0.6 is 0 Å². The van der Waals surface area contributed by atoms with Gasteiger partial charge >= 0.3 is 0 Å². The van der Waals surface area contributed by atoms with Gasteiger partial charge < -0.3 is 5.32 Å². The summed E-state index contributed by atoms with van der Waals surface area (Å²) >= 11 is 0. The van der Waals surface area contributed by atoms with Crippen molar-refractivity contribution in [2.75, 3.05) is 19.6 Å². The zero-order chi connectivity index (χ0) is 15.7. The Morgan fingerprint density at radius 2 is 1.81 bits per heavy atom. The van der Waals surface area contributed by atoms with E-state index in [1.54, 1.807) is 0 Å². The van der Waals surface area contributed by atoms with E-state index in [-0.39, 0.29) is 12.1 Å².